The van der Waals surface area contributed by atoms with Crippen LogP contribution in [0.15, 0.2) is 0 Å². The third kappa shape index (κ3) is 3.42. The van der Waals surface area contributed by atoms with Crippen molar-refractivity contribution in [3.8, 4) is 0 Å². The molecule has 0 bridgehead atoms. The third-order valence-electron chi connectivity index (χ3n) is 3.15. The molecule has 1 saturated heterocycles. The topological polar surface area (TPSA) is 79.2 Å². The van der Waals surface area contributed by atoms with Gasteiger partial charge in [-0.05, 0) is 19.3 Å². The summed E-state index contributed by atoms with van der Waals surface area (Å²) < 4.78 is 11.3. The van der Waals surface area contributed by atoms with E-state index < -0.39 is 30.5 Å². The molecule has 5 unspecified atom stereocenters. The molecule has 0 radical (unpaired) electrons. The van der Waals surface area contributed by atoms with Gasteiger partial charge in [0.2, 0.25) is 0 Å². The van der Waals surface area contributed by atoms with Crippen molar-refractivity contribution >= 4 is 0 Å². The summed E-state index contributed by atoms with van der Waals surface area (Å²) in [6, 6.07) is 0. The highest BCUT2D eigenvalue weighted by molar-refractivity contribution is 4.97. The van der Waals surface area contributed by atoms with E-state index in [0.717, 1.165) is 0 Å². The lowest BCUT2D eigenvalue weighted by Crippen LogP contribution is -2.62. The SMILES string of the molecule is CC(C)OC1C(CO)OC(C(C)(C)C)C(O)C1O. The van der Waals surface area contributed by atoms with E-state index >= 15 is 0 Å². The number of ether oxygens (including phenoxy) is 2. The van der Waals surface area contributed by atoms with Crippen LogP contribution < -0.4 is 0 Å². The predicted octanol–water partition coefficient (Wildman–Crippen LogP) is 0.308. The van der Waals surface area contributed by atoms with E-state index in [0.29, 0.717) is 0 Å². The van der Waals surface area contributed by atoms with Crippen LogP contribution in [0.4, 0.5) is 0 Å². The van der Waals surface area contributed by atoms with Crippen LogP contribution in [0.2, 0.25) is 0 Å². The van der Waals surface area contributed by atoms with Crippen LogP contribution in [-0.2, 0) is 9.47 Å². The summed E-state index contributed by atoms with van der Waals surface area (Å²) >= 11 is 0. The number of aliphatic hydroxyl groups is 3. The van der Waals surface area contributed by atoms with Gasteiger partial charge < -0.3 is 24.8 Å². The smallest absolute Gasteiger partial charge is 0.115 e. The second-order valence-electron chi connectivity index (χ2n) is 6.27. The first-order chi connectivity index (χ1) is 8.18. The summed E-state index contributed by atoms with van der Waals surface area (Å²) in [6.45, 7) is 9.20. The normalized spacial score (nSPS) is 38.2. The highest BCUT2D eigenvalue weighted by Gasteiger charge is 2.48. The quantitative estimate of drug-likeness (QED) is 0.682. The van der Waals surface area contributed by atoms with Crippen molar-refractivity contribution in [1.29, 1.82) is 0 Å². The van der Waals surface area contributed by atoms with Gasteiger partial charge in [-0.15, -0.1) is 0 Å². The maximum absolute atomic E-state index is 10.2. The van der Waals surface area contributed by atoms with E-state index in [-0.39, 0.29) is 18.1 Å². The Balaban J connectivity index is 2.88. The Bertz CT molecular complexity index is 259. The summed E-state index contributed by atoms with van der Waals surface area (Å²) in [4.78, 5) is 0. The first kappa shape index (κ1) is 15.9. The molecular formula is C13H26O5. The summed E-state index contributed by atoms with van der Waals surface area (Å²) in [7, 11) is 0. The van der Waals surface area contributed by atoms with Crippen molar-refractivity contribution in [2.75, 3.05) is 6.61 Å². The predicted molar refractivity (Wildman–Crippen MR) is 67.2 cm³/mol. The number of hydrogen-bond donors (Lipinski definition) is 3. The van der Waals surface area contributed by atoms with Gasteiger partial charge in [0.1, 0.15) is 24.4 Å². The molecule has 5 nitrogen and oxygen atoms in total. The van der Waals surface area contributed by atoms with Crippen LogP contribution in [0, 0.1) is 5.41 Å². The van der Waals surface area contributed by atoms with Crippen molar-refractivity contribution in [2.45, 2.75) is 71.2 Å². The van der Waals surface area contributed by atoms with Crippen molar-refractivity contribution in [3.05, 3.63) is 0 Å². The largest absolute Gasteiger partial charge is 0.394 e. The summed E-state index contributed by atoms with van der Waals surface area (Å²) in [6.07, 6.45) is -4.03. The molecule has 0 aliphatic carbocycles. The highest BCUT2D eigenvalue weighted by Crippen LogP contribution is 2.34. The molecule has 3 N–H and O–H groups in total. The minimum atomic E-state index is -1.05. The third-order valence-corrected chi connectivity index (χ3v) is 3.15. The molecule has 1 aliphatic heterocycles. The Morgan fingerprint density at radius 1 is 1.17 bits per heavy atom. The first-order valence-corrected chi connectivity index (χ1v) is 6.46. The molecule has 0 aromatic heterocycles. The zero-order chi connectivity index (χ0) is 14.1. The van der Waals surface area contributed by atoms with Crippen LogP contribution in [-0.4, -0.2) is 58.6 Å². The number of aliphatic hydroxyl groups excluding tert-OH is 3. The van der Waals surface area contributed by atoms with E-state index in [9.17, 15) is 15.3 Å². The Morgan fingerprint density at radius 3 is 2.11 bits per heavy atom. The minimum Gasteiger partial charge on any atom is -0.394 e. The lowest BCUT2D eigenvalue weighted by atomic mass is 9.80. The van der Waals surface area contributed by atoms with Crippen molar-refractivity contribution in [3.63, 3.8) is 0 Å². The molecule has 0 saturated carbocycles. The minimum absolute atomic E-state index is 0.110. The average molecular weight is 262 g/mol. The average Bonchev–Trinajstić information content (AvgIpc) is 2.23. The lowest BCUT2D eigenvalue weighted by Gasteiger charge is -2.47. The molecule has 5 atom stereocenters. The Kier molecular flexibility index (Phi) is 5.14. The van der Waals surface area contributed by atoms with Gasteiger partial charge in [0.25, 0.3) is 0 Å². The van der Waals surface area contributed by atoms with Gasteiger partial charge in [-0.1, -0.05) is 20.8 Å². The van der Waals surface area contributed by atoms with E-state index in [4.69, 9.17) is 9.47 Å². The van der Waals surface area contributed by atoms with E-state index in [1.807, 2.05) is 34.6 Å². The van der Waals surface area contributed by atoms with E-state index in [2.05, 4.69) is 0 Å². The fourth-order valence-electron chi connectivity index (χ4n) is 2.29. The molecule has 0 amide bonds. The zero-order valence-corrected chi connectivity index (χ0v) is 11.8. The van der Waals surface area contributed by atoms with Crippen LogP contribution in [0.25, 0.3) is 0 Å². The van der Waals surface area contributed by atoms with Crippen LogP contribution in [0.5, 0.6) is 0 Å². The molecule has 0 aromatic rings. The Labute approximate surface area is 109 Å². The van der Waals surface area contributed by atoms with E-state index in [1.54, 1.807) is 0 Å². The van der Waals surface area contributed by atoms with Crippen LogP contribution in [0.3, 0.4) is 0 Å². The molecule has 1 heterocycles. The van der Waals surface area contributed by atoms with Gasteiger partial charge in [0.05, 0.1) is 18.8 Å². The second-order valence-corrected chi connectivity index (χ2v) is 6.27. The Morgan fingerprint density at radius 2 is 1.72 bits per heavy atom. The molecule has 1 aliphatic rings. The zero-order valence-electron chi connectivity index (χ0n) is 11.8. The summed E-state index contributed by atoms with van der Waals surface area (Å²) in [5.41, 5.74) is -0.323. The lowest BCUT2D eigenvalue weighted by molar-refractivity contribution is -0.266. The molecule has 1 rings (SSSR count). The number of rotatable bonds is 3. The molecule has 0 aromatic carbocycles. The first-order valence-electron chi connectivity index (χ1n) is 6.46. The molecule has 0 spiro atoms. The molecule has 108 valence electrons. The van der Waals surface area contributed by atoms with Crippen molar-refractivity contribution in [2.24, 2.45) is 5.41 Å². The fraction of sp³-hybridized carbons (Fsp3) is 1.00. The van der Waals surface area contributed by atoms with Gasteiger partial charge >= 0.3 is 0 Å². The van der Waals surface area contributed by atoms with Crippen molar-refractivity contribution < 1.29 is 24.8 Å². The number of hydrogen-bond acceptors (Lipinski definition) is 5. The van der Waals surface area contributed by atoms with Gasteiger partial charge in [0.15, 0.2) is 0 Å². The summed E-state index contributed by atoms with van der Waals surface area (Å²) in [5.74, 6) is 0. The Hall–Kier alpha value is -0.200. The van der Waals surface area contributed by atoms with Crippen molar-refractivity contribution in [1.82, 2.24) is 0 Å². The highest BCUT2D eigenvalue weighted by atomic mass is 16.6. The van der Waals surface area contributed by atoms with Crippen LogP contribution >= 0.6 is 0 Å². The maximum Gasteiger partial charge on any atom is 0.115 e. The van der Waals surface area contributed by atoms with E-state index in [1.165, 1.54) is 0 Å². The summed E-state index contributed by atoms with van der Waals surface area (Å²) in [5, 5.41) is 29.7. The molecule has 18 heavy (non-hydrogen) atoms. The monoisotopic (exact) mass is 262 g/mol. The standard InChI is InChI=1S/C13H26O5/c1-7(2)17-11-8(6-14)18-12(13(3,4)5)10(16)9(11)15/h7-12,14-16H,6H2,1-5H3. The van der Waals surface area contributed by atoms with Gasteiger partial charge in [0, 0.05) is 0 Å². The van der Waals surface area contributed by atoms with Gasteiger partial charge in [-0.25, -0.2) is 0 Å². The van der Waals surface area contributed by atoms with Crippen LogP contribution in [0.1, 0.15) is 34.6 Å². The molecular weight excluding hydrogens is 236 g/mol. The fourth-order valence-corrected chi connectivity index (χ4v) is 2.29. The maximum atomic E-state index is 10.2. The van der Waals surface area contributed by atoms with Gasteiger partial charge in [-0.2, -0.15) is 0 Å². The second kappa shape index (κ2) is 5.84. The molecule has 1 fully saturated rings. The molecule has 5 heteroatoms. The van der Waals surface area contributed by atoms with Gasteiger partial charge in [-0.3, -0.25) is 0 Å².